The van der Waals surface area contributed by atoms with Crippen LogP contribution in [0.3, 0.4) is 0 Å². The van der Waals surface area contributed by atoms with Gasteiger partial charge in [-0.2, -0.15) is 10.2 Å². The average molecular weight is 435 g/mol. The highest BCUT2D eigenvalue weighted by Gasteiger charge is 2.30. The molecule has 2 aromatic rings. The first-order valence-corrected chi connectivity index (χ1v) is 11.9. The fraction of sp³-hybridized carbons (Fsp3) is 0.714. The Kier molecular flexibility index (Phi) is 7.15. The molecule has 2 aromatic heterocycles. The Balaban J connectivity index is 1.48. The van der Waals surface area contributed by atoms with E-state index in [1.165, 1.54) is 28.2 Å². The Hall–Kier alpha value is -1.39. The summed E-state index contributed by atoms with van der Waals surface area (Å²) < 4.78 is 10.7. The van der Waals surface area contributed by atoms with Gasteiger partial charge >= 0.3 is 0 Å². The lowest BCUT2D eigenvalue weighted by Gasteiger charge is -2.26. The van der Waals surface area contributed by atoms with E-state index in [0.29, 0.717) is 18.6 Å². The van der Waals surface area contributed by atoms with Crippen molar-refractivity contribution in [1.29, 1.82) is 0 Å². The summed E-state index contributed by atoms with van der Waals surface area (Å²) in [7, 11) is 3.53. The minimum atomic E-state index is 0.409. The number of hydrogen-bond acceptors (Lipinski definition) is 7. The quantitative estimate of drug-likeness (QED) is 0.587. The number of hydrogen-bond donors (Lipinski definition) is 2. The largest absolute Gasteiger partial charge is 0.383 e. The van der Waals surface area contributed by atoms with Gasteiger partial charge in [0.25, 0.3) is 0 Å². The molecule has 2 aliphatic heterocycles. The minimum absolute atomic E-state index is 0.409. The van der Waals surface area contributed by atoms with Gasteiger partial charge in [-0.3, -0.25) is 20.0 Å². The zero-order chi connectivity index (χ0) is 21.1. The molecule has 0 fully saturated rings. The highest BCUT2D eigenvalue weighted by Crippen LogP contribution is 2.35. The molecule has 0 amide bonds. The van der Waals surface area contributed by atoms with Gasteiger partial charge in [0.2, 0.25) is 0 Å². The van der Waals surface area contributed by atoms with E-state index >= 15 is 0 Å². The fourth-order valence-electron chi connectivity index (χ4n) is 4.96. The predicted molar refractivity (Wildman–Crippen MR) is 117 cm³/mol. The molecule has 30 heavy (non-hydrogen) atoms. The summed E-state index contributed by atoms with van der Waals surface area (Å²) in [6.07, 6.45) is 4.25. The van der Waals surface area contributed by atoms with Crippen LogP contribution in [0, 0.1) is 5.92 Å². The van der Waals surface area contributed by atoms with Crippen LogP contribution in [0.2, 0.25) is 0 Å². The molecule has 9 heteroatoms. The smallest absolute Gasteiger partial charge is 0.122 e. The molecule has 0 saturated heterocycles. The Bertz CT molecular complexity index is 838. The van der Waals surface area contributed by atoms with Gasteiger partial charge < -0.3 is 9.47 Å². The van der Waals surface area contributed by atoms with E-state index in [0.717, 1.165) is 57.2 Å². The lowest BCUT2D eigenvalue weighted by molar-refractivity contribution is 0.0603. The molecule has 2 unspecified atom stereocenters. The molecular weight excluding hydrogens is 400 g/mol. The lowest BCUT2D eigenvalue weighted by atomic mass is 9.88. The molecule has 0 radical (unpaired) electrons. The Morgan fingerprint density at radius 1 is 1.07 bits per heavy atom. The molecule has 2 N–H and O–H groups in total. The maximum absolute atomic E-state index is 5.37. The first-order chi connectivity index (χ1) is 14.6. The summed E-state index contributed by atoms with van der Waals surface area (Å²) in [6, 6.07) is 0. The number of rotatable bonds is 9. The van der Waals surface area contributed by atoms with Crippen LogP contribution >= 0.6 is 11.8 Å². The highest BCUT2D eigenvalue weighted by molar-refractivity contribution is 7.98. The van der Waals surface area contributed by atoms with Crippen molar-refractivity contribution in [3.8, 4) is 0 Å². The van der Waals surface area contributed by atoms with Crippen molar-refractivity contribution >= 4 is 11.8 Å². The third-order valence-corrected chi connectivity index (χ3v) is 7.05. The number of aromatic amines is 2. The molecular formula is C21H34N6O2S. The molecule has 2 atom stereocenters. The number of thioether (sulfide) groups is 1. The fourth-order valence-corrected chi connectivity index (χ4v) is 5.53. The number of H-pyrrole nitrogens is 2. The van der Waals surface area contributed by atoms with Crippen molar-refractivity contribution in [2.24, 2.45) is 5.92 Å². The first kappa shape index (κ1) is 21.8. The molecule has 0 bridgehead atoms. The van der Waals surface area contributed by atoms with Crippen LogP contribution in [0.15, 0.2) is 5.03 Å². The maximum Gasteiger partial charge on any atom is 0.122 e. The molecule has 4 heterocycles. The van der Waals surface area contributed by atoms with Crippen LogP contribution in [-0.2, 0) is 35.5 Å². The Labute approximate surface area is 183 Å². The SMILES string of the molecule is COCCN1Cc2c(SC)n[nH]c2CC(CC(C)c2n[nH]c3c2CN(COC)C3)C1. The first-order valence-electron chi connectivity index (χ1n) is 10.7. The zero-order valence-electron chi connectivity index (χ0n) is 18.5. The number of nitrogens with zero attached hydrogens (tertiary/aromatic N) is 4. The summed E-state index contributed by atoms with van der Waals surface area (Å²) >= 11 is 1.73. The predicted octanol–water partition coefficient (Wildman–Crippen LogP) is 2.59. The van der Waals surface area contributed by atoms with E-state index in [1.807, 2.05) is 0 Å². The summed E-state index contributed by atoms with van der Waals surface area (Å²) in [5, 5.41) is 17.0. The van der Waals surface area contributed by atoms with Gasteiger partial charge in [0.15, 0.2) is 0 Å². The van der Waals surface area contributed by atoms with E-state index < -0.39 is 0 Å². The van der Waals surface area contributed by atoms with Gasteiger partial charge in [-0.25, -0.2) is 0 Å². The van der Waals surface area contributed by atoms with Crippen LogP contribution in [0.4, 0.5) is 0 Å². The molecule has 166 valence electrons. The third kappa shape index (κ3) is 4.60. The molecule has 8 nitrogen and oxygen atoms in total. The standard InChI is InChI=1S/C21H34N6O2S/c1-14(20-16-10-27(13-29-3)12-19(16)23-24-20)7-15-8-18-17(21(30-4)25-22-18)11-26(9-15)5-6-28-2/h14-15H,5-13H2,1-4H3,(H,22,25)(H,23,24). The van der Waals surface area contributed by atoms with Crippen LogP contribution in [0.25, 0.3) is 0 Å². The van der Waals surface area contributed by atoms with Crippen molar-refractivity contribution in [2.45, 2.75) is 50.3 Å². The van der Waals surface area contributed by atoms with E-state index in [4.69, 9.17) is 14.6 Å². The lowest BCUT2D eigenvalue weighted by Crippen LogP contribution is -2.31. The van der Waals surface area contributed by atoms with E-state index in [1.54, 1.807) is 26.0 Å². The van der Waals surface area contributed by atoms with Gasteiger partial charge in [-0.15, -0.1) is 11.8 Å². The van der Waals surface area contributed by atoms with E-state index in [-0.39, 0.29) is 0 Å². The summed E-state index contributed by atoms with van der Waals surface area (Å²) in [5.41, 5.74) is 6.51. The van der Waals surface area contributed by atoms with Crippen LogP contribution in [-0.4, -0.2) is 77.1 Å². The number of methoxy groups -OCH3 is 2. The van der Waals surface area contributed by atoms with Crippen LogP contribution < -0.4 is 0 Å². The van der Waals surface area contributed by atoms with Crippen LogP contribution in [0.1, 0.15) is 47.5 Å². The molecule has 0 aromatic carbocycles. The Morgan fingerprint density at radius 2 is 1.87 bits per heavy atom. The second-order valence-corrected chi connectivity index (χ2v) is 9.39. The molecule has 0 saturated carbocycles. The normalized spacial score (nSPS) is 20.9. The molecule has 4 rings (SSSR count). The van der Waals surface area contributed by atoms with Crippen molar-refractivity contribution < 1.29 is 9.47 Å². The van der Waals surface area contributed by atoms with Gasteiger partial charge in [-0.1, -0.05) is 6.92 Å². The highest BCUT2D eigenvalue weighted by atomic mass is 32.2. The van der Waals surface area contributed by atoms with Gasteiger partial charge in [0.05, 0.1) is 24.7 Å². The topological polar surface area (TPSA) is 82.3 Å². The van der Waals surface area contributed by atoms with E-state index in [2.05, 4.69) is 38.3 Å². The Morgan fingerprint density at radius 3 is 2.63 bits per heavy atom. The molecule has 2 aliphatic rings. The monoisotopic (exact) mass is 434 g/mol. The van der Waals surface area contributed by atoms with Gasteiger partial charge in [0.1, 0.15) is 5.03 Å². The number of nitrogens with one attached hydrogen (secondary N) is 2. The summed E-state index contributed by atoms with van der Waals surface area (Å²) in [4.78, 5) is 4.83. The summed E-state index contributed by atoms with van der Waals surface area (Å²) in [5.74, 6) is 0.961. The minimum Gasteiger partial charge on any atom is -0.383 e. The third-order valence-electron chi connectivity index (χ3n) is 6.32. The second-order valence-electron chi connectivity index (χ2n) is 8.60. The van der Waals surface area contributed by atoms with E-state index in [9.17, 15) is 0 Å². The van der Waals surface area contributed by atoms with Gasteiger partial charge in [0, 0.05) is 69.7 Å². The number of ether oxygens (including phenoxy) is 2. The van der Waals surface area contributed by atoms with Crippen molar-refractivity contribution in [3.63, 3.8) is 0 Å². The molecule has 0 aliphatic carbocycles. The molecule has 0 spiro atoms. The zero-order valence-corrected chi connectivity index (χ0v) is 19.3. The average Bonchev–Trinajstić information content (AvgIpc) is 3.38. The second kappa shape index (κ2) is 9.82. The summed E-state index contributed by atoms with van der Waals surface area (Å²) in [6.45, 7) is 8.52. The van der Waals surface area contributed by atoms with Crippen molar-refractivity contribution in [3.05, 3.63) is 28.2 Å². The van der Waals surface area contributed by atoms with Gasteiger partial charge in [-0.05, 0) is 25.0 Å². The van der Waals surface area contributed by atoms with Crippen LogP contribution in [0.5, 0.6) is 0 Å². The van der Waals surface area contributed by atoms with Crippen molar-refractivity contribution in [2.75, 3.05) is 46.9 Å². The van der Waals surface area contributed by atoms with Crippen molar-refractivity contribution in [1.82, 2.24) is 30.2 Å². The maximum atomic E-state index is 5.37. The number of aromatic nitrogens is 4. The number of fused-ring (bicyclic) bond motifs is 2.